The highest BCUT2D eigenvalue weighted by Gasteiger charge is 2.16. The van der Waals surface area contributed by atoms with Crippen LogP contribution in [0.1, 0.15) is 10.4 Å². The van der Waals surface area contributed by atoms with Crippen molar-refractivity contribution in [1.82, 2.24) is 4.98 Å². The topological polar surface area (TPSA) is 80.7 Å². The minimum absolute atomic E-state index is 0.0633. The van der Waals surface area contributed by atoms with Gasteiger partial charge in [0.25, 0.3) is 5.91 Å². The van der Waals surface area contributed by atoms with Crippen LogP contribution in [0.3, 0.4) is 0 Å². The fraction of sp³-hybridized carbons (Fsp3) is 0.143. The zero-order chi connectivity index (χ0) is 15.4. The molecule has 2 rings (SSSR count). The van der Waals surface area contributed by atoms with Gasteiger partial charge in [-0.05, 0) is 24.3 Å². The highest BCUT2D eigenvalue weighted by molar-refractivity contribution is 6.32. The van der Waals surface area contributed by atoms with Crippen LogP contribution >= 0.6 is 11.6 Å². The van der Waals surface area contributed by atoms with Gasteiger partial charge in [-0.3, -0.25) is 4.79 Å². The number of aromatic hydroxyl groups is 1. The van der Waals surface area contributed by atoms with E-state index in [0.29, 0.717) is 11.5 Å². The molecule has 6 nitrogen and oxygen atoms in total. The minimum Gasteiger partial charge on any atom is -0.504 e. The van der Waals surface area contributed by atoms with Crippen LogP contribution in [0.2, 0.25) is 5.02 Å². The van der Waals surface area contributed by atoms with Crippen LogP contribution in [-0.2, 0) is 0 Å². The Morgan fingerprint density at radius 1 is 1.33 bits per heavy atom. The maximum atomic E-state index is 12.2. The molecule has 2 aromatic rings. The predicted octanol–water partition coefficient (Wildman–Crippen LogP) is 2.71. The Morgan fingerprint density at radius 2 is 2.10 bits per heavy atom. The van der Waals surface area contributed by atoms with Gasteiger partial charge in [0, 0.05) is 11.8 Å². The fourth-order valence-corrected chi connectivity index (χ4v) is 2.01. The average molecular weight is 309 g/mol. The molecule has 0 unspecified atom stereocenters. The second-order valence-corrected chi connectivity index (χ2v) is 4.43. The lowest BCUT2D eigenvalue weighted by molar-refractivity contribution is 0.102. The smallest absolute Gasteiger partial charge is 0.257 e. The van der Waals surface area contributed by atoms with E-state index >= 15 is 0 Å². The summed E-state index contributed by atoms with van der Waals surface area (Å²) in [6.45, 7) is 0. The number of benzene rings is 1. The number of rotatable bonds is 4. The number of ether oxygens (including phenoxy) is 2. The van der Waals surface area contributed by atoms with E-state index in [1.54, 1.807) is 6.07 Å². The molecular formula is C14H13ClN2O4. The third-order valence-corrected chi connectivity index (χ3v) is 2.99. The summed E-state index contributed by atoms with van der Waals surface area (Å²) in [5.41, 5.74) is 0.253. The Morgan fingerprint density at radius 3 is 2.71 bits per heavy atom. The molecule has 0 aliphatic carbocycles. The van der Waals surface area contributed by atoms with E-state index in [1.165, 1.54) is 38.6 Å². The van der Waals surface area contributed by atoms with E-state index in [2.05, 4.69) is 10.3 Å². The Labute approximate surface area is 126 Å². The number of amides is 1. The molecule has 0 atom stereocenters. The molecule has 2 N–H and O–H groups in total. The molecule has 0 saturated carbocycles. The van der Waals surface area contributed by atoms with Gasteiger partial charge in [0.2, 0.25) is 0 Å². The van der Waals surface area contributed by atoms with Crippen molar-refractivity contribution in [2.75, 3.05) is 19.5 Å². The van der Waals surface area contributed by atoms with Crippen LogP contribution < -0.4 is 14.8 Å². The first-order valence-electron chi connectivity index (χ1n) is 5.93. The molecule has 0 aliphatic heterocycles. The number of nitrogens with one attached hydrogen (secondary N) is 1. The van der Waals surface area contributed by atoms with E-state index in [4.69, 9.17) is 21.1 Å². The standard InChI is InChI=1S/C14H13ClN2O4/c1-20-11-7-8(6-9(15)12(11)21-2)14(19)17-13-10(18)4-3-5-16-13/h3-7,18H,1-2H3,(H,16,17,19). The van der Waals surface area contributed by atoms with E-state index < -0.39 is 5.91 Å². The first kappa shape index (κ1) is 14.9. The number of aromatic nitrogens is 1. The number of carbonyl (C=O) groups excluding carboxylic acids is 1. The highest BCUT2D eigenvalue weighted by atomic mass is 35.5. The van der Waals surface area contributed by atoms with E-state index in [1.807, 2.05) is 0 Å². The van der Waals surface area contributed by atoms with Crippen molar-refractivity contribution in [2.24, 2.45) is 0 Å². The minimum atomic E-state index is -0.480. The molecule has 0 aliphatic rings. The molecule has 0 saturated heterocycles. The molecule has 0 bridgehead atoms. The van der Waals surface area contributed by atoms with Crippen molar-refractivity contribution in [2.45, 2.75) is 0 Å². The third kappa shape index (κ3) is 3.17. The lowest BCUT2D eigenvalue weighted by Crippen LogP contribution is -2.13. The first-order chi connectivity index (χ1) is 10.1. The summed E-state index contributed by atoms with van der Waals surface area (Å²) in [4.78, 5) is 16.0. The van der Waals surface area contributed by atoms with Gasteiger partial charge in [-0.2, -0.15) is 0 Å². The second kappa shape index (κ2) is 6.32. The number of carbonyl (C=O) groups is 1. The van der Waals surface area contributed by atoms with Crippen molar-refractivity contribution in [1.29, 1.82) is 0 Å². The largest absolute Gasteiger partial charge is 0.504 e. The van der Waals surface area contributed by atoms with Gasteiger partial charge in [0.05, 0.1) is 19.2 Å². The number of hydrogen-bond donors (Lipinski definition) is 2. The van der Waals surface area contributed by atoms with E-state index in [0.717, 1.165) is 0 Å². The third-order valence-electron chi connectivity index (χ3n) is 2.71. The summed E-state index contributed by atoms with van der Waals surface area (Å²) in [6.07, 6.45) is 1.46. The van der Waals surface area contributed by atoms with Crippen LogP contribution in [0.5, 0.6) is 17.2 Å². The SMILES string of the molecule is COc1cc(C(=O)Nc2ncccc2O)cc(Cl)c1OC. The number of methoxy groups -OCH3 is 2. The molecular weight excluding hydrogens is 296 g/mol. The van der Waals surface area contributed by atoms with Crippen LogP contribution in [0.4, 0.5) is 5.82 Å². The first-order valence-corrected chi connectivity index (χ1v) is 6.31. The second-order valence-electron chi connectivity index (χ2n) is 4.02. The Bertz CT molecular complexity index is 676. The zero-order valence-corrected chi connectivity index (χ0v) is 12.1. The number of halogens is 1. The summed E-state index contributed by atoms with van der Waals surface area (Å²) in [5, 5.41) is 12.3. The monoisotopic (exact) mass is 308 g/mol. The van der Waals surface area contributed by atoms with Gasteiger partial charge < -0.3 is 19.9 Å². The average Bonchev–Trinajstić information content (AvgIpc) is 2.48. The van der Waals surface area contributed by atoms with Crippen molar-refractivity contribution in [3.8, 4) is 17.2 Å². The lowest BCUT2D eigenvalue weighted by atomic mass is 10.2. The van der Waals surface area contributed by atoms with Gasteiger partial charge in [-0.1, -0.05) is 11.6 Å². The molecule has 7 heteroatoms. The molecule has 0 fully saturated rings. The summed E-state index contributed by atoms with van der Waals surface area (Å²) in [6, 6.07) is 5.90. The molecule has 0 radical (unpaired) electrons. The molecule has 0 spiro atoms. The quantitative estimate of drug-likeness (QED) is 0.907. The van der Waals surface area contributed by atoms with Gasteiger partial charge in [-0.25, -0.2) is 4.98 Å². The van der Waals surface area contributed by atoms with Crippen LogP contribution in [0.15, 0.2) is 30.5 Å². The van der Waals surface area contributed by atoms with Gasteiger partial charge in [-0.15, -0.1) is 0 Å². The Hall–Kier alpha value is -2.47. The van der Waals surface area contributed by atoms with Gasteiger partial charge in [0.1, 0.15) is 0 Å². The molecule has 1 amide bonds. The maximum absolute atomic E-state index is 12.2. The van der Waals surface area contributed by atoms with E-state index in [9.17, 15) is 9.90 Å². The molecule has 110 valence electrons. The highest BCUT2D eigenvalue weighted by Crippen LogP contribution is 2.36. The van der Waals surface area contributed by atoms with Crippen molar-refractivity contribution >= 4 is 23.3 Å². The summed E-state index contributed by atoms with van der Waals surface area (Å²) < 4.78 is 10.2. The molecule has 1 aromatic heterocycles. The fourth-order valence-electron chi connectivity index (χ4n) is 1.72. The number of anilines is 1. The van der Waals surface area contributed by atoms with Crippen molar-refractivity contribution < 1.29 is 19.4 Å². The summed E-state index contributed by atoms with van der Waals surface area (Å²) in [7, 11) is 2.90. The number of hydrogen-bond acceptors (Lipinski definition) is 5. The van der Waals surface area contributed by atoms with Crippen LogP contribution in [-0.4, -0.2) is 30.2 Å². The normalized spacial score (nSPS) is 10.0. The molecule has 1 heterocycles. The summed E-state index contributed by atoms with van der Waals surface area (Å²) >= 11 is 6.04. The maximum Gasteiger partial charge on any atom is 0.257 e. The predicted molar refractivity (Wildman–Crippen MR) is 78.4 cm³/mol. The number of nitrogens with zero attached hydrogens (tertiary/aromatic N) is 1. The lowest BCUT2D eigenvalue weighted by Gasteiger charge is -2.12. The Kier molecular flexibility index (Phi) is 4.49. The van der Waals surface area contributed by atoms with Crippen molar-refractivity contribution in [3.63, 3.8) is 0 Å². The van der Waals surface area contributed by atoms with Gasteiger partial charge in [0.15, 0.2) is 23.1 Å². The number of pyridine rings is 1. The van der Waals surface area contributed by atoms with Crippen molar-refractivity contribution in [3.05, 3.63) is 41.0 Å². The van der Waals surface area contributed by atoms with E-state index in [-0.39, 0.29) is 22.2 Å². The van der Waals surface area contributed by atoms with Crippen LogP contribution in [0, 0.1) is 0 Å². The molecule has 1 aromatic carbocycles. The Balaban J connectivity index is 2.32. The van der Waals surface area contributed by atoms with Crippen LogP contribution in [0.25, 0.3) is 0 Å². The zero-order valence-electron chi connectivity index (χ0n) is 11.4. The van der Waals surface area contributed by atoms with Gasteiger partial charge >= 0.3 is 0 Å². The summed E-state index contributed by atoms with van der Waals surface area (Å²) in [5.74, 6) is 0.134. The molecule has 21 heavy (non-hydrogen) atoms.